The van der Waals surface area contributed by atoms with E-state index in [9.17, 15) is 9.90 Å². The van der Waals surface area contributed by atoms with Crippen LogP contribution in [0, 0.1) is 5.41 Å². The van der Waals surface area contributed by atoms with Gasteiger partial charge >= 0.3 is 5.97 Å². The average molecular weight is 274 g/mol. The van der Waals surface area contributed by atoms with Crippen LogP contribution in [-0.2, 0) is 4.79 Å². The summed E-state index contributed by atoms with van der Waals surface area (Å²) in [4.78, 5) is 15.9. The average Bonchev–Trinajstić information content (AvgIpc) is 2.90. The molecule has 3 rings (SSSR count). The van der Waals surface area contributed by atoms with Crippen molar-refractivity contribution < 1.29 is 14.3 Å². The number of nitrogens with zero attached hydrogens (tertiary/aromatic N) is 1. The Labute approximate surface area is 117 Å². The number of anilines is 1. The van der Waals surface area contributed by atoms with Crippen molar-refractivity contribution >= 4 is 22.8 Å². The van der Waals surface area contributed by atoms with Gasteiger partial charge in [0.2, 0.25) is 0 Å². The maximum Gasteiger partial charge on any atom is 0.311 e. The number of hydrogen-bond acceptors (Lipinski definition) is 4. The second kappa shape index (κ2) is 4.81. The minimum absolute atomic E-state index is 0.109. The van der Waals surface area contributed by atoms with E-state index < -0.39 is 11.4 Å². The van der Waals surface area contributed by atoms with E-state index in [2.05, 4.69) is 10.3 Å². The second-order valence-corrected chi connectivity index (χ2v) is 5.66. The van der Waals surface area contributed by atoms with Crippen molar-refractivity contribution in [3.05, 3.63) is 24.6 Å². The lowest BCUT2D eigenvalue weighted by Gasteiger charge is -2.38. The maximum atomic E-state index is 11.6. The lowest BCUT2D eigenvalue weighted by molar-refractivity contribution is -0.150. The molecule has 0 aliphatic heterocycles. The van der Waals surface area contributed by atoms with E-state index in [4.69, 9.17) is 4.42 Å². The highest BCUT2D eigenvalue weighted by atomic mass is 16.4. The Hall–Kier alpha value is -2.04. The van der Waals surface area contributed by atoms with Gasteiger partial charge in [0.05, 0.1) is 17.1 Å². The monoisotopic (exact) mass is 274 g/mol. The molecule has 106 valence electrons. The van der Waals surface area contributed by atoms with Crippen molar-refractivity contribution in [1.82, 2.24) is 4.98 Å². The molecule has 5 nitrogen and oxygen atoms in total. The Balaban J connectivity index is 1.93. The lowest BCUT2D eigenvalue weighted by Crippen LogP contribution is -2.46. The molecular weight excluding hydrogens is 256 g/mol. The number of hydrogen-bond donors (Lipinski definition) is 2. The first-order valence-corrected chi connectivity index (χ1v) is 6.93. The van der Waals surface area contributed by atoms with Crippen LogP contribution in [0.5, 0.6) is 0 Å². The molecule has 0 radical (unpaired) electrons. The van der Waals surface area contributed by atoms with Crippen molar-refractivity contribution in [1.29, 1.82) is 0 Å². The molecule has 0 bridgehead atoms. The zero-order chi connectivity index (χ0) is 14.2. The fourth-order valence-electron chi connectivity index (χ4n) is 3.00. The molecule has 2 N–H and O–H groups in total. The SMILES string of the molecule is CC1(C(=O)O)CCCCC1Nc1nccc2occc12. The Morgan fingerprint density at radius 1 is 1.50 bits per heavy atom. The van der Waals surface area contributed by atoms with E-state index in [1.165, 1.54) is 0 Å². The topological polar surface area (TPSA) is 75.4 Å². The minimum Gasteiger partial charge on any atom is -0.481 e. The molecule has 0 saturated heterocycles. The lowest BCUT2D eigenvalue weighted by atomic mass is 9.71. The van der Waals surface area contributed by atoms with E-state index in [0.717, 1.165) is 30.2 Å². The number of aliphatic carboxylic acids is 1. The minimum atomic E-state index is -0.744. The van der Waals surface area contributed by atoms with Crippen molar-refractivity contribution in [3.8, 4) is 0 Å². The van der Waals surface area contributed by atoms with Gasteiger partial charge in [-0.2, -0.15) is 0 Å². The molecule has 2 unspecified atom stereocenters. The van der Waals surface area contributed by atoms with Crippen LogP contribution < -0.4 is 5.32 Å². The molecule has 2 atom stereocenters. The van der Waals surface area contributed by atoms with Crippen LogP contribution >= 0.6 is 0 Å². The largest absolute Gasteiger partial charge is 0.481 e. The Bertz CT molecular complexity index is 637. The van der Waals surface area contributed by atoms with Gasteiger partial charge in [-0.25, -0.2) is 4.98 Å². The summed E-state index contributed by atoms with van der Waals surface area (Å²) >= 11 is 0. The van der Waals surface area contributed by atoms with Gasteiger partial charge in [-0.3, -0.25) is 4.79 Å². The summed E-state index contributed by atoms with van der Waals surface area (Å²) in [5.74, 6) is -0.0373. The number of carboxylic acids is 1. The van der Waals surface area contributed by atoms with Crippen LogP contribution in [0.2, 0.25) is 0 Å². The first kappa shape index (κ1) is 13.0. The number of carbonyl (C=O) groups is 1. The number of nitrogens with one attached hydrogen (secondary N) is 1. The van der Waals surface area contributed by atoms with Gasteiger partial charge < -0.3 is 14.8 Å². The molecule has 1 aliphatic carbocycles. The number of fused-ring (bicyclic) bond motifs is 1. The molecular formula is C15H18N2O3. The third-order valence-electron chi connectivity index (χ3n) is 4.39. The quantitative estimate of drug-likeness (QED) is 0.898. The van der Waals surface area contributed by atoms with E-state index >= 15 is 0 Å². The molecule has 1 fully saturated rings. The fraction of sp³-hybridized carbons (Fsp3) is 0.467. The predicted molar refractivity (Wildman–Crippen MR) is 75.6 cm³/mol. The van der Waals surface area contributed by atoms with Crippen molar-refractivity contribution in [2.24, 2.45) is 5.41 Å². The van der Waals surface area contributed by atoms with Crippen LogP contribution in [0.25, 0.3) is 11.0 Å². The number of rotatable bonds is 3. The van der Waals surface area contributed by atoms with Crippen LogP contribution in [-0.4, -0.2) is 22.1 Å². The Morgan fingerprint density at radius 2 is 2.35 bits per heavy atom. The van der Waals surface area contributed by atoms with Crippen LogP contribution in [0.1, 0.15) is 32.6 Å². The maximum absolute atomic E-state index is 11.6. The van der Waals surface area contributed by atoms with Crippen molar-refractivity contribution in [3.63, 3.8) is 0 Å². The summed E-state index contributed by atoms with van der Waals surface area (Å²) in [5, 5.41) is 13.8. The van der Waals surface area contributed by atoms with Gasteiger partial charge in [-0.1, -0.05) is 12.8 Å². The van der Waals surface area contributed by atoms with Gasteiger partial charge in [0.25, 0.3) is 0 Å². The molecule has 0 spiro atoms. The molecule has 1 aliphatic rings. The smallest absolute Gasteiger partial charge is 0.311 e. The summed E-state index contributed by atoms with van der Waals surface area (Å²) in [7, 11) is 0. The first-order chi connectivity index (χ1) is 9.61. The standard InChI is InChI=1S/C15H18N2O3/c1-15(14(18)19)7-3-2-4-12(15)17-13-10-6-9-20-11(10)5-8-16-13/h5-6,8-9,12H,2-4,7H2,1H3,(H,16,17)(H,18,19). The predicted octanol–water partition coefficient (Wildman–Crippen LogP) is 3.27. The van der Waals surface area contributed by atoms with Gasteiger partial charge in [-0.15, -0.1) is 0 Å². The summed E-state index contributed by atoms with van der Waals surface area (Å²) < 4.78 is 5.35. The third kappa shape index (κ3) is 2.03. The molecule has 0 amide bonds. The Morgan fingerprint density at radius 3 is 3.15 bits per heavy atom. The zero-order valence-electron chi connectivity index (χ0n) is 11.4. The highest BCUT2D eigenvalue weighted by molar-refractivity contribution is 5.88. The third-order valence-corrected chi connectivity index (χ3v) is 4.39. The van der Waals surface area contributed by atoms with E-state index in [1.807, 2.05) is 13.0 Å². The van der Waals surface area contributed by atoms with Gasteiger partial charge in [0.15, 0.2) is 0 Å². The van der Waals surface area contributed by atoms with Gasteiger partial charge in [0.1, 0.15) is 11.4 Å². The number of pyridine rings is 1. The van der Waals surface area contributed by atoms with E-state index in [0.29, 0.717) is 12.2 Å². The number of aromatic nitrogens is 1. The van der Waals surface area contributed by atoms with Gasteiger partial charge in [-0.05, 0) is 31.9 Å². The summed E-state index contributed by atoms with van der Waals surface area (Å²) in [6.45, 7) is 1.82. The van der Waals surface area contributed by atoms with E-state index in [-0.39, 0.29) is 6.04 Å². The number of carboxylic acid groups (broad SMARTS) is 1. The summed E-state index contributed by atoms with van der Waals surface area (Å²) in [5.41, 5.74) is 0.0154. The van der Waals surface area contributed by atoms with E-state index in [1.54, 1.807) is 18.5 Å². The van der Waals surface area contributed by atoms with Crippen LogP contribution in [0.4, 0.5) is 5.82 Å². The Kier molecular flexibility index (Phi) is 3.12. The molecule has 1 saturated carbocycles. The van der Waals surface area contributed by atoms with Crippen molar-refractivity contribution in [2.75, 3.05) is 5.32 Å². The highest BCUT2D eigenvalue weighted by Gasteiger charge is 2.43. The molecule has 2 aromatic heterocycles. The summed E-state index contributed by atoms with van der Waals surface area (Å²) in [6.07, 6.45) is 6.84. The second-order valence-electron chi connectivity index (χ2n) is 5.66. The molecule has 0 aromatic carbocycles. The van der Waals surface area contributed by atoms with Crippen LogP contribution in [0.15, 0.2) is 29.0 Å². The van der Waals surface area contributed by atoms with Crippen molar-refractivity contribution in [2.45, 2.75) is 38.6 Å². The molecule has 20 heavy (non-hydrogen) atoms. The zero-order valence-corrected chi connectivity index (χ0v) is 11.4. The normalized spacial score (nSPS) is 26.6. The first-order valence-electron chi connectivity index (χ1n) is 6.93. The van der Waals surface area contributed by atoms with Gasteiger partial charge in [0, 0.05) is 12.2 Å². The number of furan rings is 1. The molecule has 2 heterocycles. The fourth-order valence-corrected chi connectivity index (χ4v) is 3.00. The molecule has 5 heteroatoms. The summed E-state index contributed by atoms with van der Waals surface area (Å²) in [6, 6.07) is 3.55. The highest BCUT2D eigenvalue weighted by Crippen LogP contribution is 2.38. The molecule has 2 aromatic rings. The van der Waals surface area contributed by atoms with Crippen LogP contribution in [0.3, 0.4) is 0 Å².